The fraction of sp³-hybridized carbons (Fsp3) is 0.423. The third-order valence-electron chi connectivity index (χ3n) is 6.23. The SMILES string of the molecule is CCCCNC(=O)C1(NC(=O)c2ccc(SCc3cn4ccccc4n3)cc2)CCCCC1. The van der Waals surface area contributed by atoms with E-state index in [1.165, 1.54) is 0 Å². The van der Waals surface area contributed by atoms with Gasteiger partial charge < -0.3 is 15.0 Å². The molecule has 1 aliphatic rings. The number of pyridine rings is 1. The lowest BCUT2D eigenvalue weighted by Crippen LogP contribution is -2.59. The Morgan fingerprint density at radius 3 is 2.61 bits per heavy atom. The van der Waals surface area contributed by atoms with Crippen molar-refractivity contribution in [2.45, 2.75) is 68.1 Å². The molecule has 7 heteroatoms. The second kappa shape index (κ2) is 10.9. The van der Waals surface area contributed by atoms with Gasteiger partial charge in [0.15, 0.2) is 0 Å². The average molecular weight is 465 g/mol. The highest BCUT2D eigenvalue weighted by Crippen LogP contribution is 2.29. The molecule has 6 nitrogen and oxygen atoms in total. The molecule has 2 amide bonds. The van der Waals surface area contributed by atoms with Crippen LogP contribution in [0.1, 0.15) is 67.9 Å². The van der Waals surface area contributed by atoms with Crippen LogP contribution in [0.25, 0.3) is 5.65 Å². The molecule has 2 heterocycles. The molecule has 0 radical (unpaired) electrons. The first-order valence-corrected chi connectivity index (χ1v) is 12.8. The highest BCUT2D eigenvalue weighted by Gasteiger charge is 2.40. The number of unbranched alkanes of at least 4 members (excludes halogenated alkanes) is 1. The predicted molar refractivity (Wildman–Crippen MR) is 132 cm³/mol. The fourth-order valence-corrected chi connectivity index (χ4v) is 5.10. The Kier molecular flexibility index (Phi) is 7.70. The molecule has 0 spiro atoms. The predicted octanol–water partition coefficient (Wildman–Crippen LogP) is 4.98. The Balaban J connectivity index is 1.37. The Labute approximate surface area is 199 Å². The van der Waals surface area contributed by atoms with Gasteiger partial charge in [-0.2, -0.15) is 0 Å². The largest absolute Gasteiger partial charge is 0.354 e. The van der Waals surface area contributed by atoms with Crippen LogP contribution in [0.4, 0.5) is 0 Å². The van der Waals surface area contributed by atoms with E-state index >= 15 is 0 Å². The van der Waals surface area contributed by atoms with Gasteiger partial charge in [-0.1, -0.05) is 38.7 Å². The fourth-order valence-electron chi connectivity index (χ4n) is 4.32. The molecule has 174 valence electrons. The van der Waals surface area contributed by atoms with Gasteiger partial charge in [-0.25, -0.2) is 4.98 Å². The highest BCUT2D eigenvalue weighted by atomic mass is 32.2. The van der Waals surface area contributed by atoms with Crippen molar-refractivity contribution in [2.24, 2.45) is 0 Å². The van der Waals surface area contributed by atoms with Crippen LogP contribution in [0, 0.1) is 0 Å². The van der Waals surface area contributed by atoms with E-state index in [1.54, 1.807) is 11.8 Å². The molecule has 1 fully saturated rings. The first kappa shape index (κ1) is 23.4. The minimum atomic E-state index is -0.792. The lowest BCUT2D eigenvalue weighted by atomic mass is 9.80. The van der Waals surface area contributed by atoms with Gasteiger partial charge in [-0.15, -0.1) is 11.8 Å². The molecular formula is C26H32N4O2S. The summed E-state index contributed by atoms with van der Waals surface area (Å²) in [6.45, 7) is 2.76. The van der Waals surface area contributed by atoms with E-state index in [4.69, 9.17) is 0 Å². The number of hydrogen-bond acceptors (Lipinski definition) is 4. The molecule has 3 aromatic rings. The number of aromatic nitrogens is 2. The van der Waals surface area contributed by atoms with Crippen molar-refractivity contribution in [3.8, 4) is 0 Å². The van der Waals surface area contributed by atoms with Crippen molar-refractivity contribution < 1.29 is 9.59 Å². The molecule has 4 rings (SSSR count). The van der Waals surface area contributed by atoms with Crippen LogP contribution in [0.3, 0.4) is 0 Å². The number of nitrogens with one attached hydrogen (secondary N) is 2. The van der Waals surface area contributed by atoms with Crippen LogP contribution in [-0.2, 0) is 10.5 Å². The summed E-state index contributed by atoms with van der Waals surface area (Å²) in [4.78, 5) is 31.7. The molecule has 2 N–H and O–H groups in total. The molecule has 0 atom stereocenters. The van der Waals surface area contributed by atoms with Crippen LogP contribution in [0.15, 0.2) is 59.8 Å². The average Bonchev–Trinajstić information content (AvgIpc) is 3.27. The molecule has 33 heavy (non-hydrogen) atoms. The first-order chi connectivity index (χ1) is 16.1. The summed E-state index contributed by atoms with van der Waals surface area (Å²) in [5.41, 5.74) is 1.75. The number of carbonyl (C=O) groups excluding carboxylic acids is 2. The summed E-state index contributed by atoms with van der Waals surface area (Å²) in [5, 5.41) is 6.13. The normalized spacial score (nSPS) is 15.3. The molecule has 1 aliphatic carbocycles. The Hall–Kier alpha value is -2.80. The van der Waals surface area contributed by atoms with Crippen LogP contribution in [-0.4, -0.2) is 33.3 Å². The minimum Gasteiger partial charge on any atom is -0.354 e. The lowest BCUT2D eigenvalue weighted by molar-refractivity contribution is -0.128. The number of hydrogen-bond donors (Lipinski definition) is 2. The van der Waals surface area contributed by atoms with Gasteiger partial charge in [0.25, 0.3) is 5.91 Å². The second-order valence-electron chi connectivity index (χ2n) is 8.72. The summed E-state index contributed by atoms with van der Waals surface area (Å²) in [5.74, 6) is 0.539. The maximum absolute atomic E-state index is 13.0. The zero-order valence-corrected chi connectivity index (χ0v) is 20.0. The van der Waals surface area contributed by atoms with E-state index in [1.807, 2.05) is 59.3 Å². The van der Waals surface area contributed by atoms with E-state index in [-0.39, 0.29) is 11.8 Å². The van der Waals surface area contributed by atoms with Gasteiger partial charge in [-0.3, -0.25) is 9.59 Å². The zero-order valence-electron chi connectivity index (χ0n) is 19.2. The third kappa shape index (κ3) is 5.77. The first-order valence-electron chi connectivity index (χ1n) is 11.9. The topological polar surface area (TPSA) is 75.5 Å². The van der Waals surface area contributed by atoms with Gasteiger partial charge in [-0.05, 0) is 55.7 Å². The summed E-state index contributed by atoms with van der Waals surface area (Å²) < 4.78 is 2.02. The number of carbonyl (C=O) groups is 2. The molecule has 0 unspecified atom stereocenters. The monoisotopic (exact) mass is 464 g/mol. The van der Waals surface area contributed by atoms with Crippen LogP contribution < -0.4 is 10.6 Å². The van der Waals surface area contributed by atoms with Crippen LogP contribution in [0.5, 0.6) is 0 Å². The highest BCUT2D eigenvalue weighted by molar-refractivity contribution is 7.98. The number of fused-ring (bicyclic) bond motifs is 1. The molecular weight excluding hydrogens is 432 g/mol. The number of imidazole rings is 1. The van der Waals surface area contributed by atoms with Crippen molar-refractivity contribution in [2.75, 3.05) is 6.54 Å². The Bertz CT molecular complexity index is 1050. The molecule has 0 aliphatic heterocycles. The summed E-state index contributed by atoms with van der Waals surface area (Å²) in [6, 6.07) is 13.6. The molecule has 0 bridgehead atoms. The Morgan fingerprint density at radius 1 is 1.09 bits per heavy atom. The van der Waals surface area contributed by atoms with Gasteiger partial charge >= 0.3 is 0 Å². The van der Waals surface area contributed by atoms with E-state index in [0.717, 1.165) is 54.1 Å². The maximum atomic E-state index is 13.0. The third-order valence-corrected chi connectivity index (χ3v) is 7.27. The minimum absolute atomic E-state index is 0.0383. The van der Waals surface area contributed by atoms with E-state index in [0.29, 0.717) is 24.9 Å². The van der Waals surface area contributed by atoms with E-state index in [2.05, 4.69) is 22.5 Å². The Morgan fingerprint density at radius 2 is 1.88 bits per heavy atom. The van der Waals surface area contributed by atoms with Crippen LogP contribution >= 0.6 is 11.8 Å². The molecule has 1 saturated carbocycles. The summed E-state index contributed by atoms with van der Waals surface area (Å²) in [7, 11) is 0. The van der Waals surface area contributed by atoms with Gasteiger partial charge in [0.05, 0.1) is 5.69 Å². The number of thioether (sulfide) groups is 1. The van der Waals surface area contributed by atoms with Crippen LogP contribution in [0.2, 0.25) is 0 Å². The standard InChI is InChI=1S/C26H32N4O2S/c1-2-3-16-27-25(32)26(14-6-4-7-15-26)29-24(31)20-10-12-22(13-11-20)33-19-21-18-30-17-8-5-9-23(30)28-21/h5,8-13,17-18H,2-4,6-7,14-16,19H2,1H3,(H,27,32)(H,29,31). The van der Waals surface area contributed by atoms with Crippen molar-refractivity contribution in [3.63, 3.8) is 0 Å². The zero-order chi connectivity index (χ0) is 23.1. The van der Waals surface area contributed by atoms with Crippen molar-refractivity contribution >= 4 is 29.2 Å². The van der Waals surface area contributed by atoms with Crippen molar-refractivity contribution in [3.05, 3.63) is 66.1 Å². The maximum Gasteiger partial charge on any atom is 0.252 e. The van der Waals surface area contributed by atoms with E-state index in [9.17, 15) is 9.59 Å². The summed E-state index contributed by atoms with van der Waals surface area (Å²) in [6.07, 6.45) is 10.4. The summed E-state index contributed by atoms with van der Waals surface area (Å²) >= 11 is 1.69. The number of benzene rings is 1. The van der Waals surface area contributed by atoms with Gasteiger partial charge in [0.1, 0.15) is 11.2 Å². The smallest absolute Gasteiger partial charge is 0.252 e. The number of amides is 2. The number of rotatable bonds is 9. The lowest BCUT2D eigenvalue weighted by Gasteiger charge is -2.36. The molecule has 0 saturated heterocycles. The van der Waals surface area contributed by atoms with Crippen molar-refractivity contribution in [1.29, 1.82) is 0 Å². The van der Waals surface area contributed by atoms with Gasteiger partial charge in [0, 0.05) is 35.2 Å². The van der Waals surface area contributed by atoms with Gasteiger partial charge in [0.2, 0.25) is 5.91 Å². The molecule has 1 aromatic carbocycles. The van der Waals surface area contributed by atoms with E-state index < -0.39 is 5.54 Å². The molecule has 2 aromatic heterocycles. The number of nitrogens with zero attached hydrogens (tertiary/aromatic N) is 2. The quantitative estimate of drug-likeness (QED) is 0.346. The van der Waals surface area contributed by atoms with Crippen molar-refractivity contribution in [1.82, 2.24) is 20.0 Å². The second-order valence-corrected chi connectivity index (χ2v) is 9.77.